The Morgan fingerprint density at radius 1 is 1.59 bits per heavy atom. The summed E-state index contributed by atoms with van der Waals surface area (Å²) in [6.07, 6.45) is 5.82. The summed E-state index contributed by atoms with van der Waals surface area (Å²) >= 11 is 0. The fraction of sp³-hybridized carbons (Fsp3) is 0.538. The Labute approximate surface area is 101 Å². The Morgan fingerprint density at radius 2 is 2.29 bits per heavy atom. The highest BCUT2D eigenvalue weighted by Gasteiger charge is 2.20. The van der Waals surface area contributed by atoms with Crippen LogP contribution >= 0.6 is 0 Å². The highest BCUT2D eigenvalue weighted by atomic mass is 16.4. The predicted molar refractivity (Wildman–Crippen MR) is 60.9 cm³/mol. The van der Waals surface area contributed by atoms with E-state index in [-0.39, 0.29) is 17.8 Å². The first kappa shape index (κ1) is 13.6. The summed E-state index contributed by atoms with van der Waals surface area (Å²) < 4.78 is 0. The summed E-state index contributed by atoms with van der Waals surface area (Å²) in [5.74, 6) is -1.11. The molecular weight excluding hydrogens is 220 g/mol. The second-order valence-electron chi connectivity index (χ2n) is 4.31. The summed E-state index contributed by atoms with van der Waals surface area (Å²) in [4.78, 5) is 21.7. The van der Waals surface area contributed by atoms with E-state index in [1.54, 1.807) is 12.2 Å². The Hall–Kier alpha value is -1.42. The van der Waals surface area contributed by atoms with E-state index in [1.807, 2.05) is 0 Å². The first-order valence-corrected chi connectivity index (χ1v) is 5.80. The van der Waals surface area contributed by atoms with Crippen LogP contribution in [-0.2, 0) is 9.59 Å². The fourth-order valence-corrected chi connectivity index (χ4v) is 1.79. The molecule has 0 spiro atoms. The van der Waals surface area contributed by atoms with Gasteiger partial charge in [-0.3, -0.25) is 4.79 Å². The molecule has 4 nitrogen and oxygen atoms in total. The molecule has 0 aliphatic heterocycles. The standard InChI is InChI=1S/C13H18O4/c1-9(13(16)17)5-3-2-4-6-10-7-11(14)8-12(10)15/h5,7,11,14H,2-4,6,8H2,1H3,(H,16,17)/p-1/b9-5+. The predicted octanol–water partition coefficient (Wildman–Crippen LogP) is 0.503. The number of carbonyl (C=O) groups excluding carboxylic acids is 2. The van der Waals surface area contributed by atoms with Crippen molar-refractivity contribution in [1.82, 2.24) is 0 Å². The molecule has 0 radical (unpaired) electrons. The van der Waals surface area contributed by atoms with Gasteiger partial charge in [0.15, 0.2) is 5.78 Å². The van der Waals surface area contributed by atoms with Crippen molar-refractivity contribution in [2.45, 2.75) is 45.1 Å². The number of aliphatic hydroxyl groups is 1. The summed E-state index contributed by atoms with van der Waals surface area (Å²) in [6, 6.07) is 0. The molecule has 0 amide bonds. The summed E-state index contributed by atoms with van der Waals surface area (Å²) in [6.45, 7) is 1.51. The first-order chi connectivity index (χ1) is 8.00. The maximum absolute atomic E-state index is 11.3. The zero-order chi connectivity index (χ0) is 12.8. The van der Waals surface area contributed by atoms with Gasteiger partial charge in [-0.2, -0.15) is 0 Å². The van der Waals surface area contributed by atoms with E-state index in [4.69, 9.17) is 0 Å². The molecule has 1 aliphatic rings. The largest absolute Gasteiger partial charge is 0.545 e. The molecule has 0 bridgehead atoms. The Kier molecular flexibility index (Phi) is 5.10. The van der Waals surface area contributed by atoms with Crippen LogP contribution < -0.4 is 5.11 Å². The minimum absolute atomic E-state index is 0.0268. The van der Waals surface area contributed by atoms with E-state index in [2.05, 4.69) is 0 Å². The van der Waals surface area contributed by atoms with Crippen LogP contribution in [0.15, 0.2) is 23.3 Å². The molecule has 4 heteroatoms. The number of allylic oxidation sites excluding steroid dienone is 2. The Balaban J connectivity index is 2.21. The van der Waals surface area contributed by atoms with E-state index in [0.717, 1.165) is 12.8 Å². The van der Waals surface area contributed by atoms with Gasteiger partial charge in [-0.25, -0.2) is 0 Å². The smallest absolute Gasteiger partial charge is 0.161 e. The van der Waals surface area contributed by atoms with E-state index in [9.17, 15) is 19.8 Å². The normalized spacial score (nSPS) is 20.6. The van der Waals surface area contributed by atoms with Gasteiger partial charge in [0.1, 0.15) is 0 Å². The van der Waals surface area contributed by atoms with Crippen molar-refractivity contribution in [3.63, 3.8) is 0 Å². The number of aliphatic carboxylic acids is 1. The molecule has 0 aromatic heterocycles. The number of carbonyl (C=O) groups is 2. The number of aliphatic hydroxyl groups excluding tert-OH is 1. The highest BCUT2D eigenvalue weighted by Crippen LogP contribution is 2.20. The van der Waals surface area contributed by atoms with Gasteiger partial charge in [-0.1, -0.05) is 6.08 Å². The number of ketones is 1. The quantitative estimate of drug-likeness (QED) is 0.539. The molecule has 0 saturated heterocycles. The molecule has 1 N–H and O–H groups in total. The minimum atomic E-state index is -1.14. The van der Waals surface area contributed by atoms with Gasteiger partial charge in [0.2, 0.25) is 0 Å². The van der Waals surface area contributed by atoms with Crippen molar-refractivity contribution in [3.8, 4) is 0 Å². The van der Waals surface area contributed by atoms with Crippen molar-refractivity contribution < 1.29 is 19.8 Å². The van der Waals surface area contributed by atoms with Crippen LogP contribution in [0.5, 0.6) is 0 Å². The lowest BCUT2D eigenvalue weighted by Crippen LogP contribution is -2.22. The monoisotopic (exact) mass is 237 g/mol. The number of hydrogen-bond donors (Lipinski definition) is 1. The number of carboxylic acids is 1. The summed E-state index contributed by atoms with van der Waals surface area (Å²) in [7, 11) is 0. The maximum atomic E-state index is 11.3. The van der Waals surface area contributed by atoms with Crippen LogP contribution in [0, 0.1) is 0 Å². The third-order valence-corrected chi connectivity index (χ3v) is 2.82. The lowest BCUT2D eigenvalue weighted by atomic mass is 10.1. The van der Waals surface area contributed by atoms with Crippen LogP contribution in [0.3, 0.4) is 0 Å². The summed E-state index contributed by atoms with van der Waals surface area (Å²) in [5, 5.41) is 19.6. The topological polar surface area (TPSA) is 77.4 Å². The number of unbranched alkanes of at least 4 members (excludes halogenated alkanes) is 2. The van der Waals surface area contributed by atoms with Crippen molar-refractivity contribution in [2.24, 2.45) is 0 Å². The molecule has 94 valence electrons. The van der Waals surface area contributed by atoms with Crippen molar-refractivity contribution >= 4 is 11.8 Å². The molecule has 1 aliphatic carbocycles. The molecule has 0 heterocycles. The van der Waals surface area contributed by atoms with Crippen LogP contribution in [0.2, 0.25) is 0 Å². The van der Waals surface area contributed by atoms with Crippen LogP contribution in [0.4, 0.5) is 0 Å². The molecule has 1 rings (SSSR count). The molecule has 17 heavy (non-hydrogen) atoms. The minimum Gasteiger partial charge on any atom is -0.545 e. The lowest BCUT2D eigenvalue weighted by molar-refractivity contribution is -0.299. The molecule has 1 unspecified atom stereocenters. The van der Waals surface area contributed by atoms with E-state index >= 15 is 0 Å². The van der Waals surface area contributed by atoms with E-state index in [0.29, 0.717) is 18.4 Å². The van der Waals surface area contributed by atoms with Gasteiger partial charge >= 0.3 is 0 Å². The molecule has 0 aromatic carbocycles. The molecule has 0 fully saturated rings. The number of rotatable bonds is 6. The van der Waals surface area contributed by atoms with Crippen LogP contribution in [0.25, 0.3) is 0 Å². The third-order valence-electron chi connectivity index (χ3n) is 2.82. The zero-order valence-corrected chi connectivity index (χ0v) is 9.94. The third kappa shape index (κ3) is 4.53. The summed E-state index contributed by atoms with van der Waals surface area (Å²) in [5.41, 5.74) is 0.953. The Morgan fingerprint density at radius 3 is 2.82 bits per heavy atom. The van der Waals surface area contributed by atoms with Gasteiger partial charge in [0.05, 0.1) is 12.1 Å². The molecule has 0 saturated carbocycles. The van der Waals surface area contributed by atoms with Gasteiger partial charge < -0.3 is 15.0 Å². The van der Waals surface area contributed by atoms with Gasteiger partial charge in [-0.05, 0) is 49.8 Å². The SMILES string of the molecule is C/C(=C\CCCCC1=CC(O)CC1=O)C(=O)[O-]. The van der Waals surface area contributed by atoms with Crippen LogP contribution in [-0.4, -0.2) is 23.0 Å². The molecular formula is C13H17O4-. The zero-order valence-electron chi connectivity index (χ0n) is 9.94. The van der Waals surface area contributed by atoms with Crippen LogP contribution in [0.1, 0.15) is 39.0 Å². The van der Waals surface area contributed by atoms with Gasteiger partial charge in [0, 0.05) is 6.42 Å². The average Bonchev–Trinajstić information content (AvgIpc) is 2.56. The van der Waals surface area contributed by atoms with E-state index < -0.39 is 12.1 Å². The van der Waals surface area contributed by atoms with Gasteiger partial charge in [-0.15, -0.1) is 0 Å². The Bertz CT molecular complexity index is 366. The lowest BCUT2D eigenvalue weighted by Gasteiger charge is -2.02. The van der Waals surface area contributed by atoms with Crippen molar-refractivity contribution in [2.75, 3.05) is 0 Å². The average molecular weight is 237 g/mol. The number of carboxylic acid groups (broad SMARTS) is 1. The first-order valence-electron chi connectivity index (χ1n) is 5.80. The molecule has 0 aromatic rings. The number of hydrogen-bond acceptors (Lipinski definition) is 4. The van der Waals surface area contributed by atoms with Gasteiger partial charge in [0.25, 0.3) is 0 Å². The number of Topliss-reactive ketones (excluding diaryl/α,β-unsaturated/α-hetero) is 1. The van der Waals surface area contributed by atoms with Crippen molar-refractivity contribution in [1.29, 1.82) is 0 Å². The second-order valence-corrected chi connectivity index (χ2v) is 4.31. The van der Waals surface area contributed by atoms with Crippen molar-refractivity contribution in [3.05, 3.63) is 23.3 Å². The fourth-order valence-electron chi connectivity index (χ4n) is 1.79. The van der Waals surface area contributed by atoms with E-state index in [1.165, 1.54) is 6.92 Å². The second kappa shape index (κ2) is 6.35. The highest BCUT2D eigenvalue weighted by molar-refractivity contribution is 5.98. The molecule has 1 atom stereocenters. The maximum Gasteiger partial charge on any atom is 0.161 e.